The van der Waals surface area contributed by atoms with Gasteiger partial charge in [-0.15, -0.1) is 0 Å². The summed E-state index contributed by atoms with van der Waals surface area (Å²) in [7, 11) is 0. The summed E-state index contributed by atoms with van der Waals surface area (Å²) in [6.07, 6.45) is 0. The zero-order valence-electron chi connectivity index (χ0n) is 19.7. The van der Waals surface area contributed by atoms with Crippen molar-refractivity contribution >= 4 is 44.3 Å². The Morgan fingerprint density at radius 1 is 0.500 bits per heavy atom. The van der Waals surface area contributed by atoms with Crippen molar-refractivity contribution in [1.29, 1.82) is 0 Å². The number of hydrogen-bond acceptors (Lipinski definition) is 8. The van der Waals surface area contributed by atoms with E-state index in [1.807, 2.05) is 60.7 Å². The van der Waals surface area contributed by atoms with Crippen LogP contribution in [0.2, 0.25) is 0 Å². The number of carbonyl (C=O) groups excluding carboxylic acids is 2. The standard InChI is InChI=1S/C30H18N2O4S2/c33-29(35-23-7-3-1-4-8-23)21-15-11-19(12-16-21)25-31-27-28(37-25)32-26(38-27)20-13-17-22(18-14-20)30(34)36-24-9-5-2-6-10-24/h1-18H. The predicted octanol–water partition coefficient (Wildman–Crippen LogP) is 7.53. The maximum atomic E-state index is 12.4. The lowest BCUT2D eigenvalue weighted by atomic mass is 10.1. The van der Waals surface area contributed by atoms with Crippen LogP contribution in [0.15, 0.2) is 109 Å². The Labute approximate surface area is 225 Å². The summed E-state index contributed by atoms with van der Waals surface area (Å²) in [6.45, 7) is 0. The molecule has 0 aliphatic heterocycles. The van der Waals surface area contributed by atoms with Crippen LogP contribution in [0.4, 0.5) is 0 Å². The molecule has 6 rings (SSSR count). The molecule has 0 amide bonds. The second kappa shape index (κ2) is 10.4. The number of nitrogens with zero attached hydrogens (tertiary/aromatic N) is 2. The van der Waals surface area contributed by atoms with Gasteiger partial charge in [-0.05, 0) is 48.5 Å². The molecule has 2 aromatic heterocycles. The van der Waals surface area contributed by atoms with E-state index in [-0.39, 0.29) is 0 Å². The summed E-state index contributed by atoms with van der Waals surface area (Å²) in [5.41, 5.74) is 2.73. The molecule has 0 spiro atoms. The number of rotatable bonds is 6. The number of esters is 2. The van der Waals surface area contributed by atoms with Crippen molar-refractivity contribution in [3.63, 3.8) is 0 Å². The number of thiazole rings is 2. The molecule has 8 heteroatoms. The molecular weight excluding hydrogens is 516 g/mol. The molecule has 6 aromatic rings. The number of hydrogen-bond donors (Lipinski definition) is 0. The van der Waals surface area contributed by atoms with Crippen molar-refractivity contribution in [2.45, 2.75) is 0 Å². The van der Waals surface area contributed by atoms with Gasteiger partial charge in [0.05, 0.1) is 11.1 Å². The monoisotopic (exact) mass is 534 g/mol. The van der Waals surface area contributed by atoms with E-state index in [0.717, 1.165) is 30.8 Å². The highest BCUT2D eigenvalue weighted by Gasteiger charge is 2.15. The van der Waals surface area contributed by atoms with Crippen molar-refractivity contribution in [2.24, 2.45) is 0 Å². The van der Waals surface area contributed by atoms with Crippen molar-refractivity contribution in [1.82, 2.24) is 9.97 Å². The summed E-state index contributed by atoms with van der Waals surface area (Å²) in [5.74, 6) is 0.192. The van der Waals surface area contributed by atoms with Gasteiger partial charge in [-0.1, -0.05) is 83.3 Å². The first-order chi connectivity index (χ1) is 18.6. The molecule has 0 radical (unpaired) electrons. The van der Waals surface area contributed by atoms with Crippen LogP contribution >= 0.6 is 22.7 Å². The number of aromatic nitrogens is 2. The molecule has 0 aliphatic rings. The van der Waals surface area contributed by atoms with Crippen molar-refractivity contribution in [3.8, 4) is 32.6 Å². The zero-order valence-corrected chi connectivity index (χ0v) is 21.4. The number of para-hydroxylation sites is 2. The second-order valence-electron chi connectivity index (χ2n) is 8.21. The van der Waals surface area contributed by atoms with Gasteiger partial charge in [-0.3, -0.25) is 0 Å². The Morgan fingerprint density at radius 3 is 1.24 bits per heavy atom. The fraction of sp³-hybridized carbons (Fsp3) is 0. The summed E-state index contributed by atoms with van der Waals surface area (Å²) in [6, 6.07) is 32.3. The Balaban J connectivity index is 1.14. The molecule has 4 aromatic carbocycles. The summed E-state index contributed by atoms with van der Waals surface area (Å²) in [4.78, 5) is 36.0. The number of benzene rings is 4. The van der Waals surface area contributed by atoms with E-state index in [9.17, 15) is 9.59 Å². The van der Waals surface area contributed by atoms with Gasteiger partial charge in [-0.2, -0.15) is 0 Å². The van der Waals surface area contributed by atoms with E-state index in [1.165, 1.54) is 22.7 Å². The van der Waals surface area contributed by atoms with Gasteiger partial charge in [-0.25, -0.2) is 19.6 Å². The fourth-order valence-electron chi connectivity index (χ4n) is 3.70. The van der Waals surface area contributed by atoms with Gasteiger partial charge >= 0.3 is 11.9 Å². The second-order valence-corrected chi connectivity index (χ2v) is 10.2. The minimum absolute atomic E-state index is 0.409. The highest BCUT2D eigenvalue weighted by Crippen LogP contribution is 2.36. The van der Waals surface area contributed by atoms with Crippen molar-refractivity contribution < 1.29 is 19.1 Å². The molecule has 184 valence electrons. The first-order valence-electron chi connectivity index (χ1n) is 11.6. The van der Waals surface area contributed by atoms with Gasteiger partial charge in [0.1, 0.15) is 21.5 Å². The molecule has 0 atom stereocenters. The molecule has 0 aliphatic carbocycles. The third kappa shape index (κ3) is 5.08. The van der Waals surface area contributed by atoms with Gasteiger partial charge < -0.3 is 9.47 Å². The molecule has 0 fully saturated rings. The zero-order chi connectivity index (χ0) is 25.9. The normalized spacial score (nSPS) is 10.8. The van der Waals surface area contributed by atoms with Crippen LogP contribution in [0.3, 0.4) is 0 Å². The molecule has 0 unspecified atom stereocenters. The molecular formula is C30H18N2O4S2. The lowest BCUT2D eigenvalue weighted by molar-refractivity contribution is 0.0725. The minimum atomic E-state index is -0.409. The van der Waals surface area contributed by atoms with E-state index in [1.54, 1.807) is 48.5 Å². The lowest BCUT2D eigenvalue weighted by Gasteiger charge is -2.04. The summed E-state index contributed by atoms with van der Waals surface area (Å²) < 4.78 is 10.8. The van der Waals surface area contributed by atoms with Crippen molar-refractivity contribution in [2.75, 3.05) is 0 Å². The first-order valence-corrected chi connectivity index (χ1v) is 13.3. The predicted molar refractivity (Wildman–Crippen MR) is 149 cm³/mol. The van der Waals surface area contributed by atoms with Gasteiger partial charge in [0.15, 0.2) is 9.66 Å². The van der Waals surface area contributed by atoms with Crippen LogP contribution in [0.25, 0.3) is 30.8 Å². The van der Waals surface area contributed by atoms with E-state index >= 15 is 0 Å². The Bertz CT molecular complexity index is 1570. The van der Waals surface area contributed by atoms with E-state index in [4.69, 9.17) is 19.4 Å². The van der Waals surface area contributed by atoms with E-state index in [0.29, 0.717) is 22.6 Å². The Hall–Kier alpha value is -4.66. The highest BCUT2D eigenvalue weighted by molar-refractivity contribution is 7.29. The molecule has 6 nitrogen and oxygen atoms in total. The molecule has 38 heavy (non-hydrogen) atoms. The maximum absolute atomic E-state index is 12.4. The van der Waals surface area contributed by atoms with Gasteiger partial charge in [0.25, 0.3) is 0 Å². The largest absolute Gasteiger partial charge is 0.423 e. The topological polar surface area (TPSA) is 78.4 Å². The van der Waals surface area contributed by atoms with Crippen LogP contribution in [0.5, 0.6) is 11.5 Å². The molecule has 0 bridgehead atoms. The van der Waals surface area contributed by atoms with Gasteiger partial charge in [0.2, 0.25) is 0 Å². The number of fused-ring (bicyclic) bond motifs is 1. The highest BCUT2D eigenvalue weighted by atomic mass is 32.1. The van der Waals surface area contributed by atoms with E-state index in [2.05, 4.69) is 0 Å². The molecule has 0 saturated carbocycles. The van der Waals surface area contributed by atoms with Crippen LogP contribution in [0, 0.1) is 0 Å². The maximum Gasteiger partial charge on any atom is 0.343 e. The smallest absolute Gasteiger partial charge is 0.343 e. The Morgan fingerprint density at radius 2 is 0.868 bits per heavy atom. The average molecular weight is 535 g/mol. The minimum Gasteiger partial charge on any atom is -0.423 e. The Kier molecular flexibility index (Phi) is 6.47. The molecule has 0 saturated heterocycles. The van der Waals surface area contributed by atoms with Crippen LogP contribution in [-0.4, -0.2) is 21.9 Å². The molecule has 0 N–H and O–H groups in total. The molecule has 2 heterocycles. The third-order valence-corrected chi connectivity index (χ3v) is 7.74. The quantitative estimate of drug-likeness (QED) is 0.162. The summed E-state index contributed by atoms with van der Waals surface area (Å²) in [5, 5.41) is 1.65. The van der Waals surface area contributed by atoms with Crippen LogP contribution in [-0.2, 0) is 0 Å². The lowest BCUT2D eigenvalue weighted by Crippen LogP contribution is -2.08. The van der Waals surface area contributed by atoms with Gasteiger partial charge in [0, 0.05) is 11.1 Å². The summed E-state index contributed by atoms with van der Waals surface area (Å²) >= 11 is 2.98. The van der Waals surface area contributed by atoms with Crippen molar-refractivity contribution in [3.05, 3.63) is 120 Å². The van der Waals surface area contributed by atoms with Crippen LogP contribution < -0.4 is 9.47 Å². The first kappa shape index (κ1) is 23.7. The third-order valence-electron chi connectivity index (χ3n) is 5.62. The number of carbonyl (C=O) groups is 2. The van der Waals surface area contributed by atoms with E-state index < -0.39 is 11.9 Å². The SMILES string of the molecule is O=C(Oc1ccccc1)c1ccc(-c2nc3sc(-c4ccc(C(=O)Oc5ccccc5)cc4)nc3s2)cc1. The average Bonchev–Trinajstić information content (AvgIpc) is 3.54. The van der Waals surface area contributed by atoms with Crippen LogP contribution in [0.1, 0.15) is 20.7 Å². The fourth-order valence-corrected chi connectivity index (χ4v) is 5.75. The number of ether oxygens (including phenoxy) is 2.